The molecule has 0 aliphatic carbocycles. The molecule has 8 heteroatoms. The minimum Gasteiger partial charge on any atom is -0.372 e. The standard InChI is InChI=1S/C17H23ClF4N2O/c1-13(14-3-4-16(19)15(18)11-14)24-8-6-23(7-9-24)5-2-10-25-12-17(20,21)22/h3-4,11,13H,2,5-10,12H2,1H3. The predicted molar refractivity (Wildman–Crippen MR) is 89.3 cm³/mol. The van der Waals surface area contributed by atoms with Crippen LogP contribution in [0.4, 0.5) is 17.6 Å². The van der Waals surface area contributed by atoms with Crippen LogP contribution < -0.4 is 0 Å². The number of piperazine rings is 1. The molecule has 0 aromatic heterocycles. The molecule has 25 heavy (non-hydrogen) atoms. The third-order valence-electron chi connectivity index (χ3n) is 4.41. The molecule has 1 aliphatic rings. The van der Waals surface area contributed by atoms with Crippen molar-refractivity contribution in [1.29, 1.82) is 0 Å². The molecule has 0 saturated carbocycles. The Hall–Kier alpha value is -0.890. The van der Waals surface area contributed by atoms with E-state index in [0.29, 0.717) is 6.42 Å². The largest absolute Gasteiger partial charge is 0.411 e. The number of hydrogen-bond acceptors (Lipinski definition) is 3. The first-order valence-corrected chi connectivity index (χ1v) is 8.70. The Bertz CT molecular complexity index is 548. The van der Waals surface area contributed by atoms with Crippen LogP contribution in [0.25, 0.3) is 0 Å². The highest BCUT2D eigenvalue weighted by molar-refractivity contribution is 6.30. The number of halogens is 5. The van der Waals surface area contributed by atoms with Crippen LogP contribution in [0.5, 0.6) is 0 Å². The minimum absolute atomic E-state index is 0.115. The zero-order valence-corrected chi connectivity index (χ0v) is 14.9. The summed E-state index contributed by atoms with van der Waals surface area (Å²) in [5.74, 6) is -0.421. The number of ether oxygens (including phenoxy) is 1. The van der Waals surface area contributed by atoms with Crippen molar-refractivity contribution in [3.8, 4) is 0 Å². The van der Waals surface area contributed by atoms with Gasteiger partial charge in [0, 0.05) is 45.4 Å². The average molecular weight is 383 g/mol. The topological polar surface area (TPSA) is 15.7 Å². The third-order valence-corrected chi connectivity index (χ3v) is 4.70. The van der Waals surface area contributed by atoms with Crippen LogP contribution in [0.3, 0.4) is 0 Å². The van der Waals surface area contributed by atoms with Gasteiger partial charge in [-0.1, -0.05) is 17.7 Å². The Morgan fingerprint density at radius 3 is 2.48 bits per heavy atom. The molecule has 1 unspecified atom stereocenters. The fourth-order valence-electron chi connectivity index (χ4n) is 2.94. The molecule has 0 amide bonds. The maximum atomic E-state index is 13.3. The lowest BCUT2D eigenvalue weighted by Crippen LogP contribution is -2.47. The van der Waals surface area contributed by atoms with Gasteiger partial charge in [0.05, 0.1) is 5.02 Å². The summed E-state index contributed by atoms with van der Waals surface area (Å²) < 4.78 is 53.8. The second-order valence-corrected chi connectivity index (χ2v) is 6.66. The van der Waals surface area contributed by atoms with E-state index in [4.69, 9.17) is 11.6 Å². The zero-order chi connectivity index (χ0) is 18.4. The summed E-state index contributed by atoms with van der Waals surface area (Å²) in [4.78, 5) is 4.51. The molecular formula is C17H23ClF4N2O. The number of hydrogen-bond donors (Lipinski definition) is 0. The molecule has 1 fully saturated rings. The highest BCUT2D eigenvalue weighted by Crippen LogP contribution is 2.25. The van der Waals surface area contributed by atoms with E-state index >= 15 is 0 Å². The molecule has 1 aromatic carbocycles. The molecule has 0 N–H and O–H groups in total. The van der Waals surface area contributed by atoms with E-state index in [9.17, 15) is 17.6 Å². The van der Waals surface area contributed by atoms with E-state index in [-0.39, 0.29) is 17.7 Å². The van der Waals surface area contributed by atoms with Crippen LogP contribution in [-0.2, 0) is 4.74 Å². The maximum Gasteiger partial charge on any atom is 0.411 e. The van der Waals surface area contributed by atoms with E-state index in [2.05, 4.69) is 21.5 Å². The van der Waals surface area contributed by atoms with Crippen LogP contribution in [0.1, 0.15) is 24.9 Å². The number of nitrogens with zero attached hydrogens (tertiary/aromatic N) is 2. The summed E-state index contributed by atoms with van der Waals surface area (Å²) >= 11 is 5.85. The highest BCUT2D eigenvalue weighted by atomic mass is 35.5. The first kappa shape index (κ1) is 20.4. The molecule has 142 valence electrons. The molecular weight excluding hydrogens is 360 g/mol. The van der Waals surface area contributed by atoms with Gasteiger partial charge >= 0.3 is 6.18 Å². The first-order valence-electron chi connectivity index (χ1n) is 8.32. The quantitative estimate of drug-likeness (QED) is 0.521. The van der Waals surface area contributed by atoms with Crippen molar-refractivity contribution in [2.75, 3.05) is 45.9 Å². The van der Waals surface area contributed by atoms with Crippen molar-refractivity contribution >= 4 is 11.6 Å². The van der Waals surface area contributed by atoms with Gasteiger partial charge in [-0.2, -0.15) is 13.2 Å². The van der Waals surface area contributed by atoms with E-state index in [1.807, 2.05) is 0 Å². The van der Waals surface area contributed by atoms with E-state index in [1.54, 1.807) is 12.1 Å². The zero-order valence-electron chi connectivity index (χ0n) is 14.2. The molecule has 0 radical (unpaired) electrons. The predicted octanol–water partition coefficient (Wildman–Crippen LogP) is 4.13. The van der Waals surface area contributed by atoms with Crippen molar-refractivity contribution < 1.29 is 22.3 Å². The second-order valence-electron chi connectivity index (χ2n) is 6.25. The van der Waals surface area contributed by atoms with Crippen LogP contribution >= 0.6 is 11.6 Å². The van der Waals surface area contributed by atoms with E-state index in [1.165, 1.54) is 6.07 Å². The van der Waals surface area contributed by atoms with Crippen LogP contribution in [0, 0.1) is 5.82 Å². The second kappa shape index (κ2) is 9.16. The maximum absolute atomic E-state index is 13.3. The SMILES string of the molecule is CC(c1ccc(F)c(Cl)c1)N1CCN(CCCOCC(F)(F)F)CC1. The summed E-state index contributed by atoms with van der Waals surface area (Å²) in [5.41, 5.74) is 0.973. The number of rotatable bonds is 7. The lowest BCUT2D eigenvalue weighted by Gasteiger charge is -2.38. The van der Waals surface area contributed by atoms with Gasteiger partial charge < -0.3 is 9.64 Å². The van der Waals surface area contributed by atoms with Gasteiger partial charge in [-0.15, -0.1) is 0 Å². The summed E-state index contributed by atoms with van der Waals surface area (Å²) in [5, 5.41) is 0.127. The number of alkyl halides is 3. The Labute approximate surface area is 150 Å². The van der Waals surface area contributed by atoms with Gasteiger partial charge in [0.25, 0.3) is 0 Å². The first-order chi connectivity index (χ1) is 11.8. The van der Waals surface area contributed by atoms with Gasteiger partial charge in [0.2, 0.25) is 0 Å². The molecule has 1 saturated heterocycles. The average Bonchev–Trinajstić information content (AvgIpc) is 2.56. The number of benzene rings is 1. The fraction of sp³-hybridized carbons (Fsp3) is 0.647. The van der Waals surface area contributed by atoms with Gasteiger partial charge in [0.15, 0.2) is 0 Å². The monoisotopic (exact) mass is 382 g/mol. The molecule has 2 rings (SSSR count). The van der Waals surface area contributed by atoms with E-state index < -0.39 is 18.6 Å². The van der Waals surface area contributed by atoms with Crippen LogP contribution in [0.2, 0.25) is 5.02 Å². The third kappa shape index (κ3) is 6.73. The molecule has 1 aliphatic heterocycles. The smallest absolute Gasteiger partial charge is 0.372 e. The van der Waals surface area contributed by atoms with Crippen molar-refractivity contribution in [1.82, 2.24) is 9.80 Å². The molecule has 0 spiro atoms. The van der Waals surface area contributed by atoms with Gasteiger partial charge in [-0.25, -0.2) is 4.39 Å². The van der Waals surface area contributed by atoms with Crippen molar-refractivity contribution in [3.05, 3.63) is 34.6 Å². The van der Waals surface area contributed by atoms with Gasteiger partial charge in [0.1, 0.15) is 12.4 Å². The van der Waals surface area contributed by atoms with Gasteiger partial charge in [-0.3, -0.25) is 4.90 Å². The Balaban J connectivity index is 1.69. The summed E-state index contributed by atoms with van der Waals surface area (Å²) in [6.07, 6.45) is -3.68. The van der Waals surface area contributed by atoms with Crippen molar-refractivity contribution in [2.24, 2.45) is 0 Å². The Morgan fingerprint density at radius 1 is 1.20 bits per heavy atom. The summed E-state index contributed by atoms with van der Waals surface area (Å²) in [6, 6.07) is 4.92. The molecule has 0 bridgehead atoms. The molecule has 1 aromatic rings. The molecule has 1 atom stereocenters. The summed E-state index contributed by atoms with van der Waals surface area (Å²) in [7, 11) is 0. The Kier molecular flexibility index (Phi) is 7.49. The fourth-order valence-corrected chi connectivity index (χ4v) is 3.12. The van der Waals surface area contributed by atoms with Crippen molar-refractivity contribution in [3.63, 3.8) is 0 Å². The minimum atomic E-state index is -4.26. The van der Waals surface area contributed by atoms with Crippen LogP contribution in [0.15, 0.2) is 18.2 Å². The van der Waals surface area contributed by atoms with E-state index in [0.717, 1.165) is 38.3 Å². The molecule has 3 nitrogen and oxygen atoms in total. The molecule has 1 heterocycles. The summed E-state index contributed by atoms with van der Waals surface area (Å²) in [6.45, 7) is 5.10. The lowest BCUT2D eigenvalue weighted by atomic mass is 10.1. The van der Waals surface area contributed by atoms with Crippen molar-refractivity contribution in [2.45, 2.75) is 25.6 Å². The van der Waals surface area contributed by atoms with Crippen LogP contribution in [-0.4, -0.2) is 61.9 Å². The Morgan fingerprint density at radius 2 is 1.88 bits per heavy atom. The normalized spacial score (nSPS) is 18.5. The van der Waals surface area contributed by atoms with Gasteiger partial charge in [-0.05, 0) is 31.0 Å². The lowest BCUT2D eigenvalue weighted by molar-refractivity contribution is -0.174. The highest BCUT2D eigenvalue weighted by Gasteiger charge is 2.27.